The quantitative estimate of drug-likeness (QED) is 0.577. The van der Waals surface area contributed by atoms with Gasteiger partial charge in [-0.2, -0.15) is 0 Å². The van der Waals surface area contributed by atoms with E-state index in [-0.39, 0.29) is 0 Å². The highest BCUT2D eigenvalue weighted by Crippen LogP contribution is 3.01. The third-order valence-electron chi connectivity index (χ3n) is 2.23. The molecule has 0 spiro atoms. The van der Waals surface area contributed by atoms with Crippen molar-refractivity contribution in [1.82, 2.24) is 0 Å². The van der Waals surface area contributed by atoms with Gasteiger partial charge in [0.15, 0.2) is 0 Å². The molecule has 0 N–H and O–H groups in total. The third kappa shape index (κ3) is 2.96. The minimum Gasteiger partial charge on any atom is -0.247 e. The van der Waals surface area contributed by atoms with Crippen molar-refractivity contribution in [2.45, 2.75) is 37.1 Å². The molecule has 1 saturated carbocycles. The first-order chi connectivity index (χ1) is 5.49. The molecule has 1 fully saturated rings. The molecule has 0 nitrogen and oxygen atoms in total. The highest BCUT2D eigenvalue weighted by molar-refractivity contribution is 8.46. The Morgan fingerprint density at radius 3 is 1.46 bits per heavy atom. The smallest absolute Gasteiger partial charge is 0.247 e. The van der Waals surface area contributed by atoms with Crippen LogP contribution in [0.3, 0.4) is 0 Å². The minimum atomic E-state index is -9.35. The van der Waals surface area contributed by atoms with Crippen LogP contribution in [0.2, 0.25) is 0 Å². The van der Waals surface area contributed by atoms with E-state index in [1.807, 2.05) is 0 Å². The van der Waals surface area contributed by atoms with Crippen molar-refractivity contribution in [2.24, 2.45) is 0 Å². The molecule has 0 aromatic rings. The standard InChI is InChI=1S/C6H10F6S/c7-5-1-3-6(4-2-5)13(8,9,10,11)12/h5-6H,1-4H2. The molecule has 0 bridgehead atoms. The van der Waals surface area contributed by atoms with Gasteiger partial charge in [-0.15, -0.1) is 0 Å². The van der Waals surface area contributed by atoms with Gasteiger partial charge in [-0.25, -0.2) is 4.39 Å². The highest BCUT2D eigenvalue weighted by atomic mass is 32.5. The van der Waals surface area contributed by atoms with Crippen LogP contribution in [0.1, 0.15) is 25.7 Å². The summed E-state index contributed by atoms with van der Waals surface area (Å²) in [5.74, 6) is 0. The average molecular weight is 228 g/mol. The third-order valence-corrected chi connectivity index (χ3v) is 3.96. The second-order valence-corrected chi connectivity index (χ2v) is 6.13. The van der Waals surface area contributed by atoms with Crippen LogP contribution in [0, 0.1) is 0 Å². The Bertz CT molecular complexity index is 196. The van der Waals surface area contributed by atoms with E-state index in [1.165, 1.54) is 0 Å². The van der Waals surface area contributed by atoms with E-state index in [0.29, 0.717) is 0 Å². The van der Waals surface area contributed by atoms with Gasteiger partial charge in [0.2, 0.25) is 0 Å². The molecule has 0 atom stereocenters. The molecule has 0 radical (unpaired) electrons. The molecule has 13 heavy (non-hydrogen) atoms. The lowest BCUT2D eigenvalue weighted by Gasteiger charge is -2.48. The molecule has 0 aromatic heterocycles. The number of alkyl halides is 1. The summed E-state index contributed by atoms with van der Waals surface area (Å²) in [4.78, 5) is 0. The number of hydrogen-bond acceptors (Lipinski definition) is 0. The van der Waals surface area contributed by atoms with Crippen molar-refractivity contribution in [3.63, 3.8) is 0 Å². The summed E-state index contributed by atoms with van der Waals surface area (Å²) in [5, 5.41) is -2.58. The van der Waals surface area contributed by atoms with Gasteiger partial charge in [-0.1, -0.05) is 19.4 Å². The van der Waals surface area contributed by atoms with Crippen LogP contribution < -0.4 is 0 Å². The maximum atomic E-state index is 12.4. The molecule has 1 aliphatic rings. The zero-order valence-corrected chi connectivity index (χ0v) is 7.48. The van der Waals surface area contributed by atoms with Gasteiger partial charge >= 0.3 is 0 Å². The number of rotatable bonds is 1. The lowest BCUT2D eigenvalue weighted by atomic mass is 9.99. The first-order valence-corrected chi connectivity index (χ1v) is 5.87. The second-order valence-electron chi connectivity index (χ2n) is 3.40. The van der Waals surface area contributed by atoms with Gasteiger partial charge in [0, 0.05) is 0 Å². The van der Waals surface area contributed by atoms with Crippen LogP contribution in [0.25, 0.3) is 0 Å². The van der Waals surface area contributed by atoms with Gasteiger partial charge in [-0.3, -0.25) is 0 Å². The monoisotopic (exact) mass is 228 g/mol. The lowest BCUT2D eigenvalue weighted by Crippen LogP contribution is -2.30. The summed E-state index contributed by atoms with van der Waals surface area (Å²) in [6.07, 6.45) is -3.72. The van der Waals surface area contributed by atoms with Crippen LogP contribution >= 0.6 is 10.2 Å². The molecule has 1 rings (SSSR count). The second kappa shape index (κ2) is 2.29. The van der Waals surface area contributed by atoms with Crippen molar-refractivity contribution in [2.75, 3.05) is 0 Å². The Labute approximate surface area is 72.0 Å². The van der Waals surface area contributed by atoms with E-state index >= 15 is 0 Å². The SMILES string of the molecule is FC1CCC(S(F)(F)(F)(F)F)CC1. The fourth-order valence-electron chi connectivity index (χ4n) is 1.47. The summed E-state index contributed by atoms with van der Waals surface area (Å²) in [6, 6.07) is 0. The van der Waals surface area contributed by atoms with E-state index < -0.39 is 47.3 Å². The van der Waals surface area contributed by atoms with E-state index in [1.54, 1.807) is 0 Å². The Morgan fingerprint density at radius 1 is 0.769 bits per heavy atom. The normalized spacial score (nSPS) is 36.5. The summed E-state index contributed by atoms with van der Waals surface area (Å²) in [6.45, 7) is 0. The summed E-state index contributed by atoms with van der Waals surface area (Å²) in [7, 11) is -9.35. The Balaban J connectivity index is 2.76. The number of halogens is 6. The maximum absolute atomic E-state index is 12.4. The predicted molar refractivity (Wildman–Crippen MR) is 40.3 cm³/mol. The molecule has 7 heteroatoms. The van der Waals surface area contributed by atoms with Gasteiger partial charge in [-0.05, 0) is 25.7 Å². The van der Waals surface area contributed by atoms with E-state index in [4.69, 9.17) is 0 Å². The lowest BCUT2D eigenvalue weighted by molar-refractivity contribution is 0.230. The fraction of sp³-hybridized carbons (Fsp3) is 1.00. The zero-order valence-electron chi connectivity index (χ0n) is 6.66. The summed E-state index contributed by atoms with van der Waals surface area (Å²) >= 11 is 0. The molecule has 0 saturated heterocycles. The highest BCUT2D eigenvalue weighted by Gasteiger charge is 2.69. The van der Waals surface area contributed by atoms with E-state index in [9.17, 15) is 23.8 Å². The minimum absolute atomic E-state index is 0.406. The summed E-state index contributed by atoms with van der Waals surface area (Å²) in [5.41, 5.74) is 0. The predicted octanol–water partition coefficient (Wildman–Crippen LogP) is 4.57. The largest absolute Gasteiger partial charge is 0.288 e. The molecule has 82 valence electrons. The van der Waals surface area contributed by atoms with Gasteiger partial charge in [0.1, 0.15) is 6.17 Å². The molecular weight excluding hydrogens is 218 g/mol. The zero-order chi connectivity index (χ0) is 10.4. The van der Waals surface area contributed by atoms with Crippen molar-refractivity contribution < 1.29 is 23.8 Å². The van der Waals surface area contributed by atoms with Crippen molar-refractivity contribution >= 4 is 10.2 Å². The maximum Gasteiger partial charge on any atom is 0.288 e. The van der Waals surface area contributed by atoms with Crippen LogP contribution in [-0.4, -0.2) is 11.4 Å². The Kier molecular flexibility index (Phi) is 1.94. The first kappa shape index (κ1) is 11.0. The molecular formula is C6H10F6S. The van der Waals surface area contributed by atoms with Gasteiger partial charge in [0.25, 0.3) is 10.2 Å². The van der Waals surface area contributed by atoms with E-state index in [0.717, 1.165) is 0 Å². The molecule has 0 aliphatic heterocycles. The van der Waals surface area contributed by atoms with Crippen molar-refractivity contribution in [3.8, 4) is 0 Å². The first-order valence-electron chi connectivity index (χ1n) is 3.86. The summed E-state index contributed by atoms with van der Waals surface area (Å²) < 4.78 is 72.9. The van der Waals surface area contributed by atoms with Crippen LogP contribution in [0.15, 0.2) is 0 Å². The Morgan fingerprint density at radius 2 is 1.15 bits per heavy atom. The van der Waals surface area contributed by atoms with Crippen LogP contribution in [0.4, 0.5) is 23.8 Å². The van der Waals surface area contributed by atoms with Crippen LogP contribution in [-0.2, 0) is 0 Å². The van der Waals surface area contributed by atoms with Gasteiger partial charge in [0.05, 0.1) is 5.25 Å². The average Bonchev–Trinajstić information content (AvgIpc) is 1.82. The molecule has 0 aromatic carbocycles. The number of hydrogen-bond donors (Lipinski definition) is 0. The fourth-order valence-corrected chi connectivity index (χ4v) is 2.63. The van der Waals surface area contributed by atoms with Crippen molar-refractivity contribution in [1.29, 1.82) is 0 Å². The topological polar surface area (TPSA) is 0 Å². The van der Waals surface area contributed by atoms with Crippen molar-refractivity contribution in [3.05, 3.63) is 0 Å². The van der Waals surface area contributed by atoms with E-state index in [2.05, 4.69) is 0 Å². The molecule has 0 unspecified atom stereocenters. The molecule has 1 aliphatic carbocycles. The van der Waals surface area contributed by atoms with Crippen LogP contribution in [0.5, 0.6) is 0 Å². The molecule has 0 amide bonds. The Hall–Kier alpha value is -0.0700. The van der Waals surface area contributed by atoms with Gasteiger partial charge < -0.3 is 0 Å². The molecule has 0 heterocycles.